The van der Waals surface area contributed by atoms with Crippen LogP contribution in [0, 0.1) is 0 Å². The molecule has 2 aromatic rings. The predicted octanol–water partition coefficient (Wildman–Crippen LogP) is 1.71. The summed E-state index contributed by atoms with van der Waals surface area (Å²) in [6.07, 6.45) is 1.22. The molecule has 2 rings (SSSR count). The van der Waals surface area contributed by atoms with Gasteiger partial charge in [-0.15, -0.1) is 0 Å². The summed E-state index contributed by atoms with van der Waals surface area (Å²) in [5, 5.41) is 0.323. The van der Waals surface area contributed by atoms with Gasteiger partial charge in [-0.1, -0.05) is 12.1 Å². The van der Waals surface area contributed by atoms with Gasteiger partial charge in [-0.3, -0.25) is 0 Å². The van der Waals surface area contributed by atoms with E-state index in [1.165, 1.54) is 6.26 Å². The zero-order valence-corrected chi connectivity index (χ0v) is 11.8. The second-order valence-corrected chi connectivity index (χ2v) is 6.07. The molecule has 0 saturated heterocycles. The fourth-order valence-corrected chi connectivity index (χ4v) is 3.15. The van der Waals surface area contributed by atoms with Crippen molar-refractivity contribution >= 4 is 28.1 Å². The van der Waals surface area contributed by atoms with Gasteiger partial charge in [0.25, 0.3) is 9.84 Å². The normalized spacial score (nSPS) is 12.2. The average Bonchev–Trinajstić information content (AvgIpc) is 2.49. The third-order valence-electron chi connectivity index (χ3n) is 2.51. The minimum absolute atomic E-state index is 0.323. The number of hydrogen-bond donors (Lipinski definition) is 0. The second-order valence-electron chi connectivity index (χ2n) is 4.16. The number of aryl methyl sites for hydroxylation is 2. The van der Waals surface area contributed by atoms with Gasteiger partial charge >= 0.3 is 12.4 Å². The Hall–Kier alpha value is -1.58. The third-order valence-corrected chi connectivity index (χ3v) is 3.72. The van der Waals surface area contributed by atoms with Gasteiger partial charge < -0.3 is 17.3 Å². The lowest BCUT2D eigenvalue weighted by atomic mass is 10.3. The van der Waals surface area contributed by atoms with E-state index in [0.717, 1.165) is 11.0 Å². The molecule has 4 nitrogen and oxygen atoms in total. The average molecular weight is 312 g/mol. The Morgan fingerprint density at radius 3 is 2.00 bits per heavy atom. The maximum atomic E-state index is 11.6. The highest BCUT2D eigenvalue weighted by Crippen LogP contribution is 2.15. The van der Waals surface area contributed by atoms with E-state index < -0.39 is 17.1 Å². The molecule has 0 N–H and O–H groups in total. The van der Waals surface area contributed by atoms with Crippen LogP contribution in [0.15, 0.2) is 29.4 Å². The summed E-state index contributed by atoms with van der Waals surface area (Å²) >= 11 is 0. The van der Waals surface area contributed by atoms with Crippen LogP contribution < -0.4 is 4.57 Å². The molecule has 0 spiro atoms. The van der Waals surface area contributed by atoms with E-state index in [2.05, 4.69) is 0 Å². The van der Waals surface area contributed by atoms with Crippen LogP contribution in [-0.4, -0.2) is 26.5 Å². The van der Waals surface area contributed by atoms with Crippen LogP contribution in [0.2, 0.25) is 0 Å². The van der Waals surface area contributed by atoms with Crippen LogP contribution >= 0.6 is 0 Å². The Bertz CT molecular complexity index is 680. The monoisotopic (exact) mass is 312 g/mol. The summed E-state index contributed by atoms with van der Waals surface area (Å²) in [7, 11) is -5.67. The molecule has 0 aliphatic rings. The molecule has 0 aliphatic carbocycles. The summed E-state index contributed by atoms with van der Waals surface area (Å²) in [4.78, 5) is 0. The molecule has 10 heteroatoms. The molecule has 0 saturated carbocycles. The van der Waals surface area contributed by atoms with Crippen molar-refractivity contribution in [3.63, 3.8) is 0 Å². The number of hydrogen-bond acceptors (Lipinski definition) is 2. The van der Waals surface area contributed by atoms with Gasteiger partial charge in [-0.25, -0.2) is 17.6 Å². The maximum absolute atomic E-state index is 11.6. The van der Waals surface area contributed by atoms with Crippen LogP contribution in [0.5, 0.6) is 0 Å². The molecule has 0 aliphatic heterocycles. The first-order valence-electron chi connectivity index (χ1n) is 5.43. The number of halogens is 4. The first kappa shape index (κ1) is 16.5. The Morgan fingerprint density at radius 1 is 1.15 bits per heavy atom. The molecule has 1 aromatic heterocycles. The van der Waals surface area contributed by atoms with Crippen LogP contribution in [0.25, 0.3) is 11.0 Å². The first-order valence-corrected chi connectivity index (χ1v) is 7.33. The quantitative estimate of drug-likeness (QED) is 0.457. The van der Waals surface area contributed by atoms with E-state index in [0.29, 0.717) is 5.16 Å². The Balaban J connectivity index is 0.000000347. The first-order chi connectivity index (χ1) is 8.93. The van der Waals surface area contributed by atoms with Crippen LogP contribution in [0.4, 0.5) is 17.3 Å². The molecule has 1 heterocycles. The third kappa shape index (κ3) is 3.96. The number of para-hydroxylation sites is 2. The highest BCUT2D eigenvalue weighted by atomic mass is 32.2. The molecule has 0 radical (unpaired) electrons. The fraction of sp³-hybridized carbons (Fsp3) is 0.300. The lowest BCUT2D eigenvalue weighted by molar-refractivity contribution is -0.686. The van der Waals surface area contributed by atoms with Crippen molar-refractivity contribution in [3.8, 4) is 0 Å². The molecule has 0 atom stereocenters. The highest BCUT2D eigenvalue weighted by molar-refractivity contribution is 7.90. The van der Waals surface area contributed by atoms with E-state index in [4.69, 9.17) is 0 Å². The largest absolute Gasteiger partial charge is 0.673 e. The SMILES string of the molecule is Cn1c(S(C)(=O)=O)[n+](C)c2ccccc21.F[B-](F)(F)F. The lowest BCUT2D eigenvalue weighted by Gasteiger charge is -1.94. The Morgan fingerprint density at radius 2 is 1.60 bits per heavy atom. The van der Waals surface area contributed by atoms with Crippen LogP contribution in [0.3, 0.4) is 0 Å². The smallest absolute Gasteiger partial charge is 0.418 e. The van der Waals surface area contributed by atoms with E-state index in [-0.39, 0.29) is 0 Å². The summed E-state index contributed by atoms with van der Waals surface area (Å²) in [5.41, 5.74) is 1.83. The fourth-order valence-electron chi connectivity index (χ4n) is 1.96. The number of imidazole rings is 1. The van der Waals surface area contributed by atoms with Gasteiger partial charge in [0.05, 0.1) is 20.4 Å². The van der Waals surface area contributed by atoms with Gasteiger partial charge in [0.2, 0.25) is 0 Å². The summed E-state index contributed by atoms with van der Waals surface area (Å²) < 4.78 is 65.6. The van der Waals surface area contributed by atoms with E-state index >= 15 is 0 Å². The minimum atomic E-state index is -6.00. The maximum Gasteiger partial charge on any atom is 0.673 e. The van der Waals surface area contributed by atoms with Gasteiger partial charge in [0.1, 0.15) is 0 Å². The van der Waals surface area contributed by atoms with Crippen molar-refractivity contribution in [1.82, 2.24) is 4.57 Å². The van der Waals surface area contributed by atoms with E-state index in [1.54, 1.807) is 23.2 Å². The summed E-state index contributed by atoms with van der Waals surface area (Å²) in [5.74, 6) is 0. The molecule has 0 bridgehead atoms. The van der Waals surface area contributed by atoms with Gasteiger partial charge in [-0.05, 0) is 12.1 Å². The molecule has 1 aromatic carbocycles. The van der Waals surface area contributed by atoms with Crippen molar-refractivity contribution < 1.29 is 30.2 Å². The molecular formula is C10H13BF4N2O2S. The predicted molar refractivity (Wildman–Crippen MR) is 67.4 cm³/mol. The van der Waals surface area contributed by atoms with Crippen LogP contribution in [0.1, 0.15) is 0 Å². The minimum Gasteiger partial charge on any atom is -0.418 e. The molecule has 0 fully saturated rings. The number of nitrogens with zero attached hydrogens (tertiary/aromatic N) is 2. The Labute approximate surface area is 113 Å². The molecule has 0 unspecified atom stereocenters. The molecular weight excluding hydrogens is 299 g/mol. The van der Waals surface area contributed by atoms with Crippen molar-refractivity contribution in [2.75, 3.05) is 6.26 Å². The number of fused-ring (bicyclic) bond motifs is 1. The standard InChI is InChI=1S/C10H13N2O2S.BF4/c1-11-8-6-4-5-7-9(8)12(2)10(11)15(3,13)14;2-1(3,4)5/h4-7H,1-3H3;/q+1;-1. The summed E-state index contributed by atoms with van der Waals surface area (Å²) in [6, 6.07) is 7.61. The van der Waals surface area contributed by atoms with Crippen molar-refractivity contribution in [2.45, 2.75) is 5.16 Å². The number of benzene rings is 1. The van der Waals surface area contributed by atoms with Gasteiger partial charge in [0.15, 0.2) is 11.0 Å². The van der Waals surface area contributed by atoms with Crippen molar-refractivity contribution in [2.24, 2.45) is 14.1 Å². The molecule has 20 heavy (non-hydrogen) atoms. The van der Waals surface area contributed by atoms with Crippen LogP contribution in [-0.2, 0) is 23.9 Å². The number of rotatable bonds is 1. The molecule has 0 amide bonds. The zero-order valence-electron chi connectivity index (χ0n) is 11.0. The second kappa shape index (κ2) is 5.43. The topological polar surface area (TPSA) is 43.0 Å². The van der Waals surface area contributed by atoms with Crippen molar-refractivity contribution in [1.29, 1.82) is 0 Å². The summed E-state index contributed by atoms with van der Waals surface area (Å²) in [6.45, 7) is 0. The zero-order chi connectivity index (χ0) is 15.7. The lowest BCUT2D eigenvalue weighted by Crippen LogP contribution is -2.34. The number of sulfone groups is 1. The Kier molecular flexibility index (Phi) is 4.47. The van der Waals surface area contributed by atoms with E-state index in [9.17, 15) is 25.7 Å². The van der Waals surface area contributed by atoms with E-state index in [1.807, 2.05) is 24.3 Å². The van der Waals surface area contributed by atoms with Gasteiger partial charge in [-0.2, -0.15) is 0 Å². The number of aromatic nitrogens is 2. The van der Waals surface area contributed by atoms with Crippen molar-refractivity contribution in [3.05, 3.63) is 24.3 Å². The van der Waals surface area contributed by atoms with Gasteiger partial charge in [0, 0.05) is 0 Å². The highest BCUT2D eigenvalue weighted by Gasteiger charge is 2.27. The molecule has 112 valence electrons.